The average molecular weight is 386 g/mol. The smallest absolute Gasteiger partial charge is 0.254 e. The van der Waals surface area contributed by atoms with Crippen LogP contribution >= 0.6 is 11.8 Å². The van der Waals surface area contributed by atoms with Crippen molar-refractivity contribution in [3.63, 3.8) is 0 Å². The molecule has 1 aromatic rings. The molecule has 0 radical (unpaired) electrons. The number of nitrogens with one attached hydrogen (secondary N) is 1. The van der Waals surface area contributed by atoms with Crippen molar-refractivity contribution in [3.8, 4) is 0 Å². The van der Waals surface area contributed by atoms with E-state index in [-0.39, 0.29) is 46.9 Å². The number of sulfone groups is 1. The summed E-state index contributed by atoms with van der Waals surface area (Å²) in [6.45, 7) is 6.30. The van der Waals surface area contributed by atoms with Gasteiger partial charge in [-0.15, -0.1) is 0 Å². The van der Waals surface area contributed by atoms with E-state index in [0.717, 1.165) is 5.69 Å². The maximum absolute atomic E-state index is 12.5. The van der Waals surface area contributed by atoms with E-state index in [1.54, 1.807) is 4.57 Å². The second kappa shape index (κ2) is 6.42. The van der Waals surface area contributed by atoms with E-state index < -0.39 is 9.84 Å². The summed E-state index contributed by atoms with van der Waals surface area (Å²) in [5.41, 5.74) is 0.385. The number of fused-ring (bicyclic) bond motifs is 1. The Morgan fingerprint density at radius 3 is 2.72 bits per heavy atom. The molecule has 0 bridgehead atoms. The number of thioether (sulfide) groups is 1. The van der Waals surface area contributed by atoms with Gasteiger partial charge in [-0.05, 0) is 6.42 Å². The van der Waals surface area contributed by atoms with Crippen LogP contribution < -0.4 is 10.9 Å². The second-order valence-electron chi connectivity index (χ2n) is 7.74. The first-order valence-electron chi connectivity index (χ1n) is 8.31. The Morgan fingerprint density at radius 2 is 2.12 bits per heavy atom. The Morgan fingerprint density at radius 1 is 1.40 bits per heavy atom. The van der Waals surface area contributed by atoms with E-state index in [0.29, 0.717) is 17.3 Å². The summed E-state index contributed by atoms with van der Waals surface area (Å²) in [5.74, 6) is 0.115. The SMILES string of the molecule is CC(C)(C)c1cc(=O)n2c(n1)SCC(C(=O)NC1CCS(=O)(=O)C1)C2. The summed E-state index contributed by atoms with van der Waals surface area (Å²) in [7, 11) is -3.03. The van der Waals surface area contributed by atoms with Crippen molar-refractivity contribution >= 4 is 27.5 Å². The number of carbonyl (C=O) groups excluding carboxylic acids is 1. The highest BCUT2D eigenvalue weighted by Crippen LogP contribution is 2.28. The fourth-order valence-corrected chi connectivity index (χ4v) is 5.75. The monoisotopic (exact) mass is 385 g/mol. The fraction of sp³-hybridized carbons (Fsp3) is 0.688. The molecular weight excluding hydrogens is 362 g/mol. The summed E-state index contributed by atoms with van der Waals surface area (Å²) < 4.78 is 24.6. The molecule has 1 N–H and O–H groups in total. The molecule has 1 saturated heterocycles. The molecule has 7 nitrogen and oxygen atoms in total. The molecule has 2 aliphatic rings. The molecule has 3 heterocycles. The summed E-state index contributed by atoms with van der Waals surface area (Å²) in [6.07, 6.45) is 0.459. The van der Waals surface area contributed by atoms with Crippen LogP contribution in [0.5, 0.6) is 0 Å². The number of hydrogen-bond acceptors (Lipinski definition) is 6. The molecule has 1 amide bonds. The molecule has 1 fully saturated rings. The highest BCUT2D eigenvalue weighted by atomic mass is 32.2. The lowest BCUT2D eigenvalue weighted by Crippen LogP contribution is -2.44. The maximum atomic E-state index is 12.5. The summed E-state index contributed by atoms with van der Waals surface area (Å²) in [6, 6.07) is 1.22. The van der Waals surface area contributed by atoms with Crippen molar-refractivity contribution in [2.75, 3.05) is 17.3 Å². The van der Waals surface area contributed by atoms with Crippen molar-refractivity contribution in [2.45, 2.75) is 50.4 Å². The molecule has 2 unspecified atom stereocenters. The fourth-order valence-electron chi connectivity index (χ4n) is 2.98. The van der Waals surface area contributed by atoms with Crippen LogP contribution in [0.3, 0.4) is 0 Å². The predicted octanol–water partition coefficient (Wildman–Crippen LogP) is 0.566. The number of nitrogens with zero attached hydrogens (tertiary/aromatic N) is 2. The third-order valence-electron chi connectivity index (χ3n) is 4.51. The van der Waals surface area contributed by atoms with Crippen LogP contribution in [0, 0.1) is 5.92 Å². The van der Waals surface area contributed by atoms with Crippen LogP contribution in [0.2, 0.25) is 0 Å². The second-order valence-corrected chi connectivity index (χ2v) is 11.0. The lowest BCUT2D eigenvalue weighted by Gasteiger charge is -2.27. The van der Waals surface area contributed by atoms with Gasteiger partial charge in [-0.3, -0.25) is 14.2 Å². The van der Waals surface area contributed by atoms with Gasteiger partial charge in [0.1, 0.15) is 0 Å². The van der Waals surface area contributed by atoms with Gasteiger partial charge < -0.3 is 5.32 Å². The molecule has 3 rings (SSSR count). The number of hydrogen-bond donors (Lipinski definition) is 1. The molecule has 1 aromatic heterocycles. The summed E-state index contributed by atoms with van der Waals surface area (Å²) >= 11 is 1.40. The highest BCUT2D eigenvalue weighted by molar-refractivity contribution is 7.99. The van der Waals surface area contributed by atoms with Gasteiger partial charge in [0.25, 0.3) is 5.56 Å². The van der Waals surface area contributed by atoms with Crippen LogP contribution in [0.15, 0.2) is 16.0 Å². The minimum atomic E-state index is -3.03. The molecule has 2 atom stereocenters. The first-order chi connectivity index (χ1) is 11.5. The third kappa shape index (κ3) is 4.08. The molecule has 0 spiro atoms. The molecular formula is C16H23N3O4S2. The first-order valence-corrected chi connectivity index (χ1v) is 11.1. The zero-order chi connectivity index (χ0) is 18.4. The van der Waals surface area contributed by atoms with Gasteiger partial charge in [-0.2, -0.15) is 0 Å². The van der Waals surface area contributed by atoms with Crippen LogP contribution in [0.4, 0.5) is 0 Å². The van der Waals surface area contributed by atoms with Gasteiger partial charge in [0, 0.05) is 29.8 Å². The number of carbonyl (C=O) groups is 1. The minimum Gasteiger partial charge on any atom is -0.352 e. The Labute approximate surface area is 151 Å². The Balaban J connectivity index is 1.73. The lowest BCUT2D eigenvalue weighted by atomic mass is 9.92. The van der Waals surface area contributed by atoms with E-state index in [4.69, 9.17) is 0 Å². The topological polar surface area (TPSA) is 98.1 Å². The zero-order valence-corrected chi connectivity index (χ0v) is 16.2. The quantitative estimate of drug-likeness (QED) is 0.747. The van der Waals surface area contributed by atoms with Crippen molar-refractivity contribution in [3.05, 3.63) is 22.1 Å². The standard InChI is InChI=1S/C16H23N3O4S2/c1-16(2,3)12-6-13(20)19-7-10(8-24-15(19)18-12)14(21)17-11-4-5-25(22,23)9-11/h6,10-11H,4-5,7-9H2,1-3H3,(H,17,21). The minimum absolute atomic E-state index is 0.00559. The van der Waals surface area contributed by atoms with Gasteiger partial charge in [-0.25, -0.2) is 13.4 Å². The highest BCUT2D eigenvalue weighted by Gasteiger charge is 2.33. The van der Waals surface area contributed by atoms with Crippen LogP contribution in [0.25, 0.3) is 0 Å². The van der Waals surface area contributed by atoms with Gasteiger partial charge in [0.2, 0.25) is 5.91 Å². The number of aromatic nitrogens is 2. The maximum Gasteiger partial charge on any atom is 0.254 e. The van der Waals surface area contributed by atoms with E-state index in [1.165, 1.54) is 17.8 Å². The van der Waals surface area contributed by atoms with Crippen molar-refractivity contribution < 1.29 is 13.2 Å². The Hall–Kier alpha value is -1.35. The molecule has 0 aliphatic carbocycles. The molecule has 25 heavy (non-hydrogen) atoms. The Kier molecular flexibility index (Phi) is 4.74. The van der Waals surface area contributed by atoms with Gasteiger partial charge in [0.05, 0.1) is 23.1 Å². The summed E-state index contributed by atoms with van der Waals surface area (Å²) in [4.78, 5) is 29.5. The Bertz CT molecular complexity index is 855. The van der Waals surface area contributed by atoms with Crippen molar-refractivity contribution in [1.82, 2.24) is 14.9 Å². The van der Waals surface area contributed by atoms with E-state index in [1.807, 2.05) is 20.8 Å². The molecule has 0 saturated carbocycles. The zero-order valence-electron chi connectivity index (χ0n) is 14.6. The number of rotatable bonds is 2. The lowest BCUT2D eigenvalue weighted by molar-refractivity contribution is -0.125. The average Bonchev–Trinajstić information content (AvgIpc) is 2.84. The third-order valence-corrected chi connectivity index (χ3v) is 7.41. The molecule has 9 heteroatoms. The number of amides is 1. The van der Waals surface area contributed by atoms with E-state index in [2.05, 4.69) is 10.3 Å². The normalized spacial score (nSPS) is 25.4. The van der Waals surface area contributed by atoms with Gasteiger partial charge in [0.15, 0.2) is 15.0 Å². The summed E-state index contributed by atoms with van der Waals surface area (Å²) in [5, 5.41) is 3.47. The van der Waals surface area contributed by atoms with Crippen molar-refractivity contribution in [1.29, 1.82) is 0 Å². The van der Waals surface area contributed by atoms with Crippen molar-refractivity contribution in [2.24, 2.45) is 5.92 Å². The predicted molar refractivity (Wildman–Crippen MR) is 96.6 cm³/mol. The van der Waals surface area contributed by atoms with E-state index in [9.17, 15) is 18.0 Å². The molecule has 2 aliphatic heterocycles. The van der Waals surface area contributed by atoms with Gasteiger partial charge >= 0.3 is 0 Å². The van der Waals surface area contributed by atoms with Crippen LogP contribution in [-0.2, 0) is 26.6 Å². The van der Waals surface area contributed by atoms with Crippen LogP contribution in [0.1, 0.15) is 32.9 Å². The van der Waals surface area contributed by atoms with E-state index >= 15 is 0 Å². The van der Waals surface area contributed by atoms with Crippen LogP contribution in [-0.4, -0.2) is 47.2 Å². The molecule has 0 aromatic carbocycles. The largest absolute Gasteiger partial charge is 0.352 e. The molecule has 138 valence electrons. The van der Waals surface area contributed by atoms with Gasteiger partial charge in [-0.1, -0.05) is 32.5 Å². The first kappa shape index (κ1) is 18.4.